The molecule has 1 aliphatic heterocycles. The zero-order valence-electron chi connectivity index (χ0n) is 23.2. The summed E-state index contributed by atoms with van der Waals surface area (Å²) < 4.78 is 2.90. The number of aromatic nitrogens is 2. The minimum atomic E-state index is -0.963. The van der Waals surface area contributed by atoms with Crippen LogP contribution in [0, 0.1) is 6.92 Å². The quantitative estimate of drug-likeness (QED) is 0.221. The van der Waals surface area contributed by atoms with Gasteiger partial charge in [0.15, 0.2) is 0 Å². The van der Waals surface area contributed by atoms with Crippen molar-refractivity contribution in [3.63, 3.8) is 0 Å². The van der Waals surface area contributed by atoms with Crippen molar-refractivity contribution >= 4 is 44.3 Å². The number of carbonyl (C=O) groups is 2. The highest BCUT2D eigenvalue weighted by molar-refractivity contribution is 7.21. The molecule has 0 unspecified atom stereocenters. The molecule has 6 aromatic rings. The molecular formula is C35H29N3O3S. The van der Waals surface area contributed by atoms with Gasteiger partial charge in [-0.2, -0.15) is 0 Å². The van der Waals surface area contributed by atoms with E-state index >= 15 is 0 Å². The Morgan fingerprint density at radius 2 is 1.64 bits per heavy atom. The lowest BCUT2D eigenvalue weighted by atomic mass is 9.99. The third-order valence-corrected chi connectivity index (χ3v) is 9.28. The second-order valence-electron chi connectivity index (χ2n) is 10.8. The van der Waals surface area contributed by atoms with Crippen LogP contribution in [0.4, 0.5) is 0 Å². The van der Waals surface area contributed by atoms with Gasteiger partial charge >= 0.3 is 5.97 Å². The van der Waals surface area contributed by atoms with E-state index in [1.165, 1.54) is 16.9 Å². The number of fused-ring (bicyclic) bond motifs is 2. The molecule has 1 N–H and O–H groups in total. The Hall–Kier alpha value is -4.75. The molecule has 1 amide bonds. The van der Waals surface area contributed by atoms with Gasteiger partial charge < -0.3 is 14.6 Å². The predicted octanol–water partition coefficient (Wildman–Crippen LogP) is 7.88. The first-order chi connectivity index (χ1) is 20.5. The van der Waals surface area contributed by atoms with Crippen LogP contribution in [0.2, 0.25) is 0 Å². The molecule has 7 heteroatoms. The summed E-state index contributed by atoms with van der Waals surface area (Å²) in [4.78, 5) is 32.7. The number of aryl methyl sites for hydroxylation is 1. The predicted molar refractivity (Wildman–Crippen MR) is 169 cm³/mol. The highest BCUT2D eigenvalue weighted by Gasteiger charge is 2.27. The van der Waals surface area contributed by atoms with Crippen LogP contribution in [0.15, 0.2) is 91.0 Å². The first-order valence-corrected chi connectivity index (χ1v) is 15.0. The number of carboxylic acid groups (broad SMARTS) is 1. The fourth-order valence-corrected chi connectivity index (χ4v) is 7.12. The lowest BCUT2D eigenvalue weighted by Gasteiger charge is -2.18. The molecule has 0 aliphatic carbocycles. The van der Waals surface area contributed by atoms with Crippen molar-refractivity contribution in [1.29, 1.82) is 0 Å². The number of thiophene rings is 1. The molecule has 1 aliphatic rings. The fourth-order valence-electron chi connectivity index (χ4n) is 6.05. The van der Waals surface area contributed by atoms with Crippen LogP contribution in [-0.4, -0.2) is 44.5 Å². The lowest BCUT2D eigenvalue weighted by molar-refractivity contribution is -0.130. The Balaban J connectivity index is 1.43. The maximum atomic E-state index is 13.5. The molecule has 0 radical (unpaired) electrons. The zero-order valence-corrected chi connectivity index (χ0v) is 24.0. The lowest BCUT2D eigenvalue weighted by Crippen LogP contribution is -2.31. The Morgan fingerprint density at radius 1 is 0.881 bits per heavy atom. The highest BCUT2D eigenvalue weighted by Crippen LogP contribution is 2.45. The van der Waals surface area contributed by atoms with Crippen LogP contribution in [0.5, 0.6) is 0 Å². The molecule has 6 nitrogen and oxygen atoms in total. The first kappa shape index (κ1) is 26.2. The molecule has 7 rings (SSSR count). The number of aromatic carboxylic acids is 1. The third-order valence-electron chi connectivity index (χ3n) is 8.15. The molecule has 3 aromatic carbocycles. The van der Waals surface area contributed by atoms with Gasteiger partial charge in [0, 0.05) is 29.6 Å². The van der Waals surface area contributed by atoms with Crippen LogP contribution < -0.4 is 0 Å². The van der Waals surface area contributed by atoms with E-state index in [0.29, 0.717) is 0 Å². The minimum Gasteiger partial charge on any atom is -0.477 e. The molecule has 0 spiro atoms. The van der Waals surface area contributed by atoms with Crippen molar-refractivity contribution in [2.24, 2.45) is 0 Å². The number of hydrogen-bond donors (Lipinski definition) is 1. The van der Waals surface area contributed by atoms with Crippen LogP contribution in [0.3, 0.4) is 0 Å². The molecule has 3 aromatic heterocycles. The number of carbonyl (C=O) groups excluding carboxylic acids is 1. The largest absolute Gasteiger partial charge is 0.477 e. The summed E-state index contributed by atoms with van der Waals surface area (Å²) >= 11 is 1.26. The molecule has 0 atom stereocenters. The van der Waals surface area contributed by atoms with E-state index in [0.717, 1.165) is 80.7 Å². The number of likely N-dealkylation sites (tertiary alicyclic amines) is 1. The fraction of sp³-hybridized carbons (Fsp3) is 0.171. The second-order valence-corrected chi connectivity index (χ2v) is 11.9. The molecule has 4 heterocycles. The maximum absolute atomic E-state index is 13.5. The summed E-state index contributed by atoms with van der Waals surface area (Å²) in [6.07, 6.45) is 2.03. The summed E-state index contributed by atoms with van der Waals surface area (Å²) in [5, 5.41) is 10.9. The van der Waals surface area contributed by atoms with E-state index in [-0.39, 0.29) is 17.3 Å². The number of hydrogen-bond acceptors (Lipinski definition) is 4. The average molecular weight is 572 g/mol. The van der Waals surface area contributed by atoms with Crippen molar-refractivity contribution in [1.82, 2.24) is 14.5 Å². The molecule has 0 bridgehead atoms. The van der Waals surface area contributed by atoms with Crippen molar-refractivity contribution in [3.8, 4) is 33.6 Å². The van der Waals surface area contributed by atoms with Crippen molar-refractivity contribution in [2.45, 2.75) is 26.3 Å². The third kappa shape index (κ3) is 4.56. The highest BCUT2D eigenvalue weighted by atomic mass is 32.1. The minimum absolute atomic E-state index is 0.0543. The molecular weight excluding hydrogens is 542 g/mol. The van der Waals surface area contributed by atoms with Gasteiger partial charge in [-0.3, -0.25) is 4.79 Å². The Labute approximate surface area is 247 Å². The topological polar surface area (TPSA) is 75.4 Å². The van der Waals surface area contributed by atoms with Crippen LogP contribution in [0.25, 0.3) is 54.8 Å². The Kier molecular flexibility index (Phi) is 6.59. The number of nitrogens with zero attached hydrogens (tertiary/aromatic N) is 3. The number of pyridine rings is 1. The summed E-state index contributed by atoms with van der Waals surface area (Å²) in [5.41, 5.74) is 8.68. The monoisotopic (exact) mass is 571 g/mol. The molecule has 42 heavy (non-hydrogen) atoms. The smallest absolute Gasteiger partial charge is 0.345 e. The van der Waals surface area contributed by atoms with Crippen molar-refractivity contribution in [3.05, 3.63) is 101 Å². The van der Waals surface area contributed by atoms with Gasteiger partial charge in [0.2, 0.25) is 5.91 Å². The van der Waals surface area contributed by atoms with Crippen LogP contribution in [0.1, 0.15) is 28.1 Å². The average Bonchev–Trinajstić information content (AvgIpc) is 3.75. The van der Waals surface area contributed by atoms with Crippen molar-refractivity contribution < 1.29 is 14.7 Å². The second kappa shape index (κ2) is 10.6. The van der Waals surface area contributed by atoms with Gasteiger partial charge in [0.25, 0.3) is 0 Å². The van der Waals surface area contributed by atoms with Gasteiger partial charge in [-0.1, -0.05) is 66.7 Å². The van der Waals surface area contributed by atoms with Gasteiger partial charge in [-0.25, -0.2) is 9.78 Å². The summed E-state index contributed by atoms with van der Waals surface area (Å²) in [7, 11) is 0. The van der Waals surface area contributed by atoms with Crippen LogP contribution in [-0.2, 0) is 11.3 Å². The maximum Gasteiger partial charge on any atom is 0.345 e. The summed E-state index contributed by atoms with van der Waals surface area (Å²) in [6, 6.07) is 30.4. The number of rotatable bonds is 6. The summed E-state index contributed by atoms with van der Waals surface area (Å²) in [6.45, 7) is 3.77. The Bertz CT molecular complexity index is 1980. The molecule has 208 valence electrons. The van der Waals surface area contributed by atoms with Crippen LogP contribution >= 0.6 is 11.3 Å². The van der Waals surface area contributed by atoms with E-state index in [2.05, 4.69) is 43.3 Å². The molecule has 0 saturated carbocycles. The number of carboxylic acids is 1. The van der Waals surface area contributed by atoms with E-state index in [1.807, 2.05) is 58.0 Å². The van der Waals surface area contributed by atoms with Gasteiger partial charge in [-0.05, 0) is 60.7 Å². The van der Waals surface area contributed by atoms with E-state index in [1.54, 1.807) is 6.07 Å². The number of benzene rings is 3. The van der Waals surface area contributed by atoms with Crippen molar-refractivity contribution in [2.75, 3.05) is 13.1 Å². The van der Waals surface area contributed by atoms with Gasteiger partial charge in [0.1, 0.15) is 11.4 Å². The first-order valence-electron chi connectivity index (χ1n) is 14.2. The van der Waals surface area contributed by atoms with E-state index < -0.39 is 5.97 Å². The van der Waals surface area contributed by atoms with Gasteiger partial charge in [-0.15, -0.1) is 11.3 Å². The standard InChI is InChI=1S/C35H29N3O3S/c1-22-9-5-6-12-26(22)28-16-13-24-19-25(14-15-27(24)36-28)33-32(23-10-3-2-4-11-23)34-29(20-30(42-34)35(40)41)38(33)21-31(39)37-17-7-8-18-37/h2-6,9-16,19-20H,7-8,17-18,21H2,1H3,(H,40,41). The SMILES string of the molecule is Cc1ccccc1-c1ccc2cc(-c3c(-c4ccccc4)c4sc(C(=O)O)cc4n3CC(=O)N3CCCC3)ccc2n1. The zero-order chi connectivity index (χ0) is 28.8. The van der Waals surface area contributed by atoms with E-state index in [9.17, 15) is 14.7 Å². The Morgan fingerprint density at radius 3 is 2.40 bits per heavy atom. The molecule has 1 saturated heterocycles. The van der Waals surface area contributed by atoms with Gasteiger partial charge in [0.05, 0.1) is 27.1 Å². The normalized spacial score (nSPS) is 13.3. The summed E-state index contributed by atoms with van der Waals surface area (Å²) in [5.74, 6) is -0.908. The van der Waals surface area contributed by atoms with E-state index in [4.69, 9.17) is 4.98 Å². The number of amides is 1. The molecule has 1 fully saturated rings.